The third-order valence-electron chi connectivity index (χ3n) is 3.80. The Labute approximate surface area is 153 Å². The van der Waals surface area contributed by atoms with Crippen LogP contribution < -0.4 is 10.6 Å². The van der Waals surface area contributed by atoms with Gasteiger partial charge in [0.15, 0.2) is 5.78 Å². The number of likely N-dealkylation sites (N-methyl/N-ethyl adjacent to an activating group) is 1. The molecule has 0 bridgehead atoms. The van der Waals surface area contributed by atoms with E-state index in [0.29, 0.717) is 28.9 Å². The topological polar surface area (TPSA) is 78.5 Å². The van der Waals surface area contributed by atoms with Crippen molar-refractivity contribution in [1.29, 1.82) is 0 Å². The molecule has 0 unspecified atom stereocenters. The molecule has 0 saturated carbocycles. The lowest BCUT2D eigenvalue weighted by molar-refractivity contribution is 0.0948. The number of hydrogen-bond donors (Lipinski definition) is 2. The van der Waals surface area contributed by atoms with Crippen LogP contribution in [-0.4, -0.2) is 49.7 Å². The zero-order chi connectivity index (χ0) is 19.1. The molecule has 0 heterocycles. The van der Waals surface area contributed by atoms with Gasteiger partial charge in [0, 0.05) is 35.5 Å². The summed E-state index contributed by atoms with van der Waals surface area (Å²) >= 11 is 0. The molecule has 0 atom stereocenters. The van der Waals surface area contributed by atoms with Crippen LogP contribution in [0.5, 0.6) is 0 Å². The Balaban J connectivity index is 1.95. The second-order valence-corrected chi connectivity index (χ2v) is 6.22. The van der Waals surface area contributed by atoms with Crippen molar-refractivity contribution in [2.24, 2.45) is 0 Å². The van der Waals surface area contributed by atoms with E-state index in [1.165, 1.54) is 6.92 Å². The Morgan fingerprint density at radius 1 is 0.808 bits per heavy atom. The lowest BCUT2D eigenvalue weighted by Gasteiger charge is -2.10. The Morgan fingerprint density at radius 3 is 1.81 bits per heavy atom. The first-order chi connectivity index (χ1) is 12.4. The van der Waals surface area contributed by atoms with Crippen LogP contribution >= 0.6 is 0 Å². The normalized spacial score (nSPS) is 10.5. The fourth-order valence-electron chi connectivity index (χ4n) is 2.26. The first-order valence-electron chi connectivity index (χ1n) is 8.32. The van der Waals surface area contributed by atoms with E-state index in [1.807, 2.05) is 19.0 Å². The summed E-state index contributed by atoms with van der Waals surface area (Å²) in [4.78, 5) is 37.6. The third kappa shape index (κ3) is 5.53. The monoisotopic (exact) mass is 353 g/mol. The van der Waals surface area contributed by atoms with Crippen LogP contribution in [0.3, 0.4) is 0 Å². The van der Waals surface area contributed by atoms with Gasteiger partial charge in [-0.05, 0) is 69.6 Å². The molecule has 6 heteroatoms. The smallest absolute Gasteiger partial charge is 0.255 e. The highest BCUT2D eigenvalue weighted by atomic mass is 16.2. The van der Waals surface area contributed by atoms with Gasteiger partial charge in [-0.15, -0.1) is 0 Å². The van der Waals surface area contributed by atoms with E-state index in [-0.39, 0.29) is 17.6 Å². The van der Waals surface area contributed by atoms with Gasteiger partial charge in [0.2, 0.25) is 0 Å². The van der Waals surface area contributed by atoms with Gasteiger partial charge >= 0.3 is 0 Å². The number of ketones is 1. The second-order valence-electron chi connectivity index (χ2n) is 6.22. The molecule has 2 aromatic rings. The summed E-state index contributed by atoms with van der Waals surface area (Å²) in [6, 6.07) is 13.2. The summed E-state index contributed by atoms with van der Waals surface area (Å²) < 4.78 is 0. The SMILES string of the molecule is CC(=O)c1ccc(NC(=O)c2ccc(C(=O)NCCN(C)C)cc2)cc1. The number of carbonyl (C=O) groups is 3. The molecule has 6 nitrogen and oxygen atoms in total. The minimum Gasteiger partial charge on any atom is -0.351 e. The predicted molar refractivity (Wildman–Crippen MR) is 102 cm³/mol. The maximum atomic E-state index is 12.3. The Kier molecular flexibility index (Phi) is 6.63. The van der Waals surface area contributed by atoms with E-state index in [2.05, 4.69) is 10.6 Å². The van der Waals surface area contributed by atoms with E-state index >= 15 is 0 Å². The molecule has 0 aromatic heterocycles. The number of hydrogen-bond acceptors (Lipinski definition) is 4. The maximum absolute atomic E-state index is 12.3. The number of benzene rings is 2. The third-order valence-corrected chi connectivity index (χ3v) is 3.80. The fraction of sp³-hybridized carbons (Fsp3) is 0.250. The zero-order valence-corrected chi connectivity index (χ0v) is 15.2. The molecule has 0 saturated heterocycles. The summed E-state index contributed by atoms with van der Waals surface area (Å²) in [5.74, 6) is -0.471. The van der Waals surface area contributed by atoms with Crippen molar-refractivity contribution in [1.82, 2.24) is 10.2 Å². The van der Waals surface area contributed by atoms with Crippen LogP contribution in [0.2, 0.25) is 0 Å². The minimum absolute atomic E-state index is 0.0256. The van der Waals surface area contributed by atoms with E-state index in [1.54, 1.807) is 48.5 Å². The molecular formula is C20H23N3O3. The van der Waals surface area contributed by atoms with Crippen molar-refractivity contribution in [3.8, 4) is 0 Å². The lowest BCUT2D eigenvalue weighted by Crippen LogP contribution is -2.31. The molecule has 2 rings (SSSR count). The zero-order valence-electron chi connectivity index (χ0n) is 15.2. The van der Waals surface area contributed by atoms with Crippen LogP contribution in [-0.2, 0) is 0 Å². The first-order valence-corrected chi connectivity index (χ1v) is 8.32. The first kappa shape index (κ1) is 19.3. The number of amides is 2. The van der Waals surface area contributed by atoms with Gasteiger partial charge in [-0.25, -0.2) is 0 Å². The Bertz CT molecular complexity index is 781. The van der Waals surface area contributed by atoms with Gasteiger partial charge in [0.25, 0.3) is 11.8 Å². The molecule has 2 N–H and O–H groups in total. The van der Waals surface area contributed by atoms with Crippen molar-refractivity contribution in [3.63, 3.8) is 0 Å². The van der Waals surface area contributed by atoms with E-state index in [9.17, 15) is 14.4 Å². The van der Waals surface area contributed by atoms with Crippen molar-refractivity contribution >= 4 is 23.3 Å². The van der Waals surface area contributed by atoms with Crippen LogP contribution in [0, 0.1) is 0 Å². The van der Waals surface area contributed by atoms with Gasteiger partial charge < -0.3 is 15.5 Å². The van der Waals surface area contributed by atoms with Crippen molar-refractivity contribution in [3.05, 3.63) is 65.2 Å². The van der Waals surface area contributed by atoms with E-state index < -0.39 is 0 Å². The number of nitrogens with zero attached hydrogens (tertiary/aromatic N) is 1. The summed E-state index contributed by atoms with van der Waals surface area (Å²) in [6.07, 6.45) is 0. The van der Waals surface area contributed by atoms with E-state index in [4.69, 9.17) is 0 Å². The quantitative estimate of drug-likeness (QED) is 0.750. The van der Waals surface area contributed by atoms with Crippen LogP contribution in [0.15, 0.2) is 48.5 Å². The predicted octanol–water partition coefficient (Wildman–Crippen LogP) is 2.43. The highest BCUT2D eigenvalue weighted by Crippen LogP contribution is 2.12. The molecule has 0 spiro atoms. The van der Waals surface area contributed by atoms with Crippen LogP contribution in [0.1, 0.15) is 38.0 Å². The number of nitrogens with one attached hydrogen (secondary N) is 2. The lowest BCUT2D eigenvalue weighted by atomic mass is 10.1. The van der Waals surface area contributed by atoms with Gasteiger partial charge in [-0.3, -0.25) is 14.4 Å². The average molecular weight is 353 g/mol. The van der Waals surface area contributed by atoms with Gasteiger partial charge in [-0.2, -0.15) is 0 Å². The highest BCUT2D eigenvalue weighted by molar-refractivity contribution is 6.05. The number of Topliss-reactive ketones (excluding diaryl/α,β-unsaturated/α-hetero) is 1. The summed E-state index contributed by atoms with van der Waals surface area (Å²) in [6.45, 7) is 2.81. The molecule has 2 amide bonds. The summed E-state index contributed by atoms with van der Waals surface area (Å²) in [5, 5.41) is 5.59. The minimum atomic E-state index is -0.278. The van der Waals surface area contributed by atoms with Gasteiger partial charge in [0.1, 0.15) is 0 Å². The van der Waals surface area contributed by atoms with Gasteiger partial charge in [-0.1, -0.05) is 0 Å². The molecule has 136 valence electrons. The maximum Gasteiger partial charge on any atom is 0.255 e. The molecule has 2 aromatic carbocycles. The standard InChI is InChI=1S/C20H23N3O3/c1-14(24)15-8-10-18(11-9-15)22-20(26)17-6-4-16(5-7-17)19(25)21-12-13-23(2)3/h4-11H,12-13H2,1-3H3,(H,21,25)(H,22,26). The largest absolute Gasteiger partial charge is 0.351 e. The highest BCUT2D eigenvalue weighted by Gasteiger charge is 2.09. The molecular weight excluding hydrogens is 330 g/mol. The molecule has 0 aliphatic rings. The molecule has 0 aliphatic heterocycles. The fourth-order valence-corrected chi connectivity index (χ4v) is 2.26. The molecule has 26 heavy (non-hydrogen) atoms. The van der Waals surface area contributed by atoms with E-state index in [0.717, 1.165) is 6.54 Å². The van der Waals surface area contributed by atoms with Crippen LogP contribution in [0.4, 0.5) is 5.69 Å². The number of carbonyl (C=O) groups excluding carboxylic acids is 3. The summed E-state index contributed by atoms with van der Waals surface area (Å²) in [5.41, 5.74) is 2.15. The Morgan fingerprint density at radius 2 is 1.31 bits per heavy atom. The second kappa shape index (κ2) is 8.92. The van der Waals surface area contributed by atoms with Crippen molar-refractivity contribution in [2.75, 3.05) is 32.5 Å². The molecule has 0 aliphatic carbocycles. The average Bonchev–Trinajstić information content (AvgIpc) is 2.62. The molecule has 0 fully saturated rings. The van der Waals surface area contributed by atoms with Gasteiger partial charge in [0.05, 0.1) is 0 Å². The van der Waals surface area contributed by atoms with Crippen molar-refractivity contribution < 1.29 is 14.4 Å². The Hall–Kier alpha value is -2.99. The van der Waals surface area contributed by atoms with Crippen molar-refractivity contribution in [2.45, 2.75) is 6.92 Å². The summed E-state index contributed by atoms with van der Waals surface area (Å²) in [7, 11) is 3.88. The van der Waals surface area contributed by atoms with Crippen LogP contribution in [0.25, 0.3) is 0 Å². The number of anilines is 1. The number of rotatable bonds is 7. The molecule has 0 radical (unpaired) electrons.